The van der Waals surface area contributed by atoms with Crippen molar-refractivity contribution in [2.75, 3.05) is 6.54 Å². The van der Waals surface area contributed by atoms with Crippen molar-refractivity contribution in [1.29, 1.82) is 0 Å². The average molecular weight is 426 g/mol. The highest BCUT2D eigenvalue weighted by Gasteiger charge is 2.13. The van der Waals surface area contributed by atoms with E-state index in [0.717, 1.165) is 34.5 Å². The number of nitrogens with two attached hydrogens (primary N) is 1. The van der Waals surface area contributed by atoms with Gasteiger partial charge in [-0.1, -0.05) is 36.4 Å². The maximum absolute atomic E-state index is 12.3. The van der Waals surface area contributed by atoms with Crippen LogP contribution in [0.3, 0.4) is 0 Å². The van der Waals surface area contributed by atoms with Gasteiger partial charge in [0.05, 0.1) is 16.7 Å². The number of aryl methyl sites for hydroxylation is 2. The van der Waals surface area contributed by atoms with Gasteiger partial charge in [0.15, 0.2) is 0 Å². The van der Waals surface area contributed by atoms with Crippen molar-refractivity contribution in [3.8, 4) is 0 Å². The zero-order chi connectivity index (χ0) is 17.6. The van der Waals surface area contributed by atoms with Gasteiger partial charge in [-0.2, -0.15) is 0 Å². The molecule has 1 amide bonds. The summed E-state index contributed by atoms with van der Waals surface area (Å²) >= 11 is 1.65. The van der Waals surface area contributed by atoms with Crippen molar-refractivity contribution in [2.24, 2.45) is 5.73 Å². The van der Waals surface area contributed by atoms with E-state index in [9.17, 15) is 4.79 Å². The van der Waals surface area contributed by atoms with Crippen LogP contribution in [-0.4, -0.2) is 17.4 Å². The molecule has 3 rings (SSSR count). The molecule has 1 heterocycles. The lowest BCUT2D eigenvalue weighted by Gasteiger charge is -2.18. The van der Waals surface area contributed by atoms with Crippen LogP contribution in [0.4, 0.5) is 0 Å². The molecule has 0 radical (unpaired) electrons. The van der Waals surface area contributed by atoms with E-state index >= 15 is 0 Å². The highest BCUT2D eigenvalue weighted by molar-refractivity contribution is 7.09. The minimum Gasteiger partial charge on any atom is -0.348 e. The predicted octanol–water partition coefficient (Wildman–Crippen LogP) is 4.59. The van der Waals surface area contributed by atoms with Gasteiger partial charge in [-0.25, -0.2) is 4.98 Å². The van der Waals surface area contributed by atoms with Crippen LogP contribution in [0.2, 0.25) is 0 Å². The second-order valence-electron chi connectivity index (χ2n) is 6.17. The SMILES string of the molecule is Cc1nc(CCCC(=O)NC(CN)c2ccc3ccccc3c2)cs1.Cl.Cl. The second kappa shape index (κ2) is 11.2. The summed E-state index contributed by atoms with van der Waals surface area (Å²) in [6.07, 6.45) is 2.12. The standard InChI is InChI=1S/C20H23N3OS.2ClH/c1-14-22-18(13-25-14)7-4-8-20(24)23-19(12-21)17-10-9-15-5-2-3-6-16(15)11-17;;/h2-3,5-6,9-11,13,19H,4,7-8,12,21H2,1H3,(H,23,24);2*1H. The van der Waals surface area contributed by atoms with Gasteiger partial charge in [0, 0.05) is 18.3 Å². The summed E-state index contributed by atoms with van der Waals surface area (Å²) in [5, 5.41) is 8.53. The third-order valence-corrected chi connectivity index (χ3v) is 5.07. The molecule has 0 fully saturated rings. The van der Waals surface area contributed by atoms with E-state index < -0.39 is 0 Å². The number of fused-ring (bicyclic) bond motifs is 1. The molecule has 146 valence electrons. The van der Waals surface area contributed by atoms with Gasteiger partial charge in [-0.15, -0.1) is 36.2 Å². The molecular formula is C20H25Cl2N3OS. The zero-order valence-electron chi connectivity index (χ0n) is 15.2. The number of thiazole rings is 1. The molecule has 0 saturated carbocycles. The highest BCUT2D eigenvalue weighted by atomic mass is 35.5. The Bertz CT molecular complexity index is 869. The Balaban J connectivity index is 0.00000182. The summed E-state index contributed by atoms with van der Waals surface area (Å²) in [7, 11) is 0. The molecule has 0 aliphatic heterocycles. The van der Waals surface area contributed by atoms with E-state index in [-0.39, 0.29) is 36.8 Å². The molecule has 3 N–H and O–H groups in total. The summed E-state index contributed by atoms with van der Waals surface area (Å²) in [5.41, 5.74) is 8.01. The lowest BCUT2D eigenvalue weighted by molar-refractivity contribution is -0.121. The second-order valence-corrected chi connectivity index (χ2v) is 7.24. The van der Waals surface area contributed by atoms with Crippen LogP contribution in [0, 0.1) is 6.92 Å². The first-order chi connectivity index (χ1) is 12.2. The maximum atomic E-state index is 12.3. The van der Waals surface area contributed by atoms with Crippen LogP contribution < -0.4 is 11.1 Å². The van der Waals surface area contributed by atoms with Gasteiger partial charge in [0.25, 0.3) is 0 Å². The molecule has 0 bridgehead atoms. The lowest BCUT2D eigenvalue weighted by atomic mass is 10.0. The molecule has 27 heavy (non-hydrogen) atoms. The van der Waals surface area contributed by atoms with Crippen LogP contribution in [0.15, 0.2) is 47.8 Å². The topological polar surface area (TPSA) is 68.0 Å². The van der Waals surface area contributed by atoms with Gasteiger partial charge in [-0.05, 0) is 42.2 Å². The number of carbonyl (C=O) groups excluding carboxylic acids is 1. The molecule has 0 aliphatic carbocycles. The van der Waals surface area contributed by atoms with Gasteiger partial charge in [0.2, 0.25) is 5.91 Å². The Kier molecular flexibility index (Phi) is 9.74. The van der Waals surface area contributed by atoms with Gasteiger partial charge in [-0.3, -0.25) is 4.79 Å². The number of hydrogen-bond donors (Lipinski definition) is 2. The summed E-state index contributed by atoms with van der Waals surface area (Å²) in [6.45, 7) is 2.38. The van der Waals surface area contributed by atoms with Crippen LogP contribution in [0.5, 0.6) is 0 Å². The van der Waals surface area contributed by atoms with E-state index in [4.69, 9.17) is 5.73 Å². The maximum Gasteiger partial charge on any atom is 0.220 e. The molecular weight excluding hydrogens is 401 g/mol. The fraction of sp³-hybridized carbons (Fsp3) is 0.300. The number of nitrogens with one attached hydrogen (secondary N) is 1. The normalized spacial score (nSPS) is 11.3. The molecule has 0 spiro atoms. The van der Waals surface area contributed by atoms with Crippen LogP contribution in [0.1, 0.15) is 35.1 Å². The van der Waals surface area contributed by atoms with E-state index in [1.54, 1.807) is 11.3 Å². The summed E-state index contributed by atoms with van der Waals surface area (Å²) in [4.78, 5) is 16.7. The molecule has 0 saturated heterocycles. The van der Waals surface area contributed by atoms with E-state index in [2.05, 4.69) is 39.9 Å². The highest BCUT2D eigenvalue weighted by Crippen LogP contribution is 2.20. The number of aromatic nitrogens is 1. The number of benzene rings is 2. The fourth-order valence-electron chi connectivity index (χ4n) is 2.92. The first kappa shape index (κ1) is 23.4. The number of rotatable bonds is 7. The van der Waals surface area contributed by atoms with Crippen molar-refractivity contribution in [2.45, 2.75) is 32.2 Å². The predicted molar refractivity (Wildman–Crippen MR) is 118 cm³/mol. The quantitative estimate of drug-likeness (QED) is 0.581. The Labute approximate surface area is 176 Å². The first-order valence-corrected chi connectivity index (χ1v) is 9.43. The molecule has 1 unspecified atom stereocenters. The van der Waals surface area contributed by atoms with Gasteiger partial charge in [0.1, 0.15) is 0 Å². The minimum atomic E-state index is -0.154. The minimum absolute atomic E-state index is 0. The largest absolute Gasteiger partial charge is 0.348 e. The lowest BCUT2D eigenvalue weighted by Crippen LogP contribution is -2.33. The van der Waals surface area contributed by atoms with Crippen molar-refractivity contribution in [3.05, 3.63) is 64.1 Å². The van der Waals surface area contributed by atoms with E-state index in [1.165, 1.54) is 5.39 Å². The summed E-state index contributed by atoms with van der Waals surface area (Å²) in [6, 6.07) is 14.3. The zero-order valence-corrected chi connectivity index (χ0v) is 17.6. The third-order valence-electron chi connectivity index (χ3n) is 4.25. The Morgan fingerprint density at radius 1 is 1.19 bits per heavy atom. The first-order valence-electron chi connectivity index (χ1n) is 8.55. The molecule has 1 atom stereocenters. The smallest absolute Gasteiger partial charge is 0.220 e. The van der Waals surface area contributed by atoms with Gasteiger partial charge < -0.3 is 11.1 Å². The van der Waals surface area contributed by atoms with Crippen LogP contribution in [0.25, 0.3) is 10.8 Å². The number of amides is 1. The Morgan fingerprint density at radius 3 is 2.59 bits per heavy atom. The number of hydrogen-bond acceptors (Lipinski definition) is 4. The Hall–Kier alpha value is -1.66. The Morgan fingerprint density at radius 2 is 1.93 bits per heavy atom. The number of halogens is 2. The van der Waals surface area contributed by atoms with Crippen molar-refractivity contribution in [3.63, 3.8) is 0 Å². The van der Waals surface area contributed by atoms with Crippen LogP contribution in [-0.2, 0) is 11.2 Å². The number of nitrogens with zero attached hydrogens (tertiary/aromatic N) is 1. The van der Waals surface area contributed by atoms with E-state index in [1.807, 2.05) is 25.1 Å². The van der Waals surface area contributed by atoms with E-state index in [0.29, 0.717) is 13.0 Å². The fourth-order valence-corrected chi connectivity index (χ4v) is 3.57. The molecule has 2 aromatic carbocycles. The molecule has 7 heteroatoms. The molecule has 3 aromatic rings. The van der Waals surface area contributed by atoms with Gasteiger partial charge >= 0.3 is 0 Å². The van der Waals surface area contributed by atoms with Crippen molar-refractivity contribution < 1.29 is 4.79 Å². The molecule has 4 nitrogen and oxygen atoms in total. The third kappa shape index (κ3) is 6.47. The van der Waals surface area contributed by atoms with Crippen molar-refractivity contribution in [1.82, 2.24) is 10.3 Å². The summed E-state index contributed by atoms with van der Waals surface area (Å²) in [5.74, 6) is 0.0376. The number of carbonyl (C=O) groups is 1. The average Bonchev–Trinajstić information content (AvgIpc) is 3.04. The molecule has 1 aromatic heterocycles. The van der Waals surface area contributed by atoms with Crippen molar-refractivity contribution >= 4 is 52.8 Å². The monoisotopic (exact) mass is 425 g/mol. The molecule has 0 aliphatic rings. The summed E-state index contributed by atoms with van der Waals surface area (Å²) < 4.78 is 0. The van der Waals surface area contributed by atoms with Crippen LogP contribution >= 0.6 is 36.2 Å².